The number of pyridine rings is 1. The maximum atomic E-state index is 6.39. The summed E-state index contributed by atoms with van der Waals surface area (Å²) in [4.78, 5) is 4.78. The molecule has 0 atom stereocenters. The van der Waals surface area contributed by atoms with Gasteiger partial charge in [0.2, 0.25) is 0 Å². The summed E-state index contributed by atoms with van der Waals surface area (Å²) in [6, 6.07) is 40.0. The van der Waals surface area contributed by atoms with Crippen molar-refractivity contribution in [3.05, 3.63) is 132 Å². The van der Waals surface area contributed by atoms with Crippen molar-refractivity contribution in [1.82, 2.24) is 19.3 Å². The van der Waals surface area contributed by atoms with Crippen LogP contribution >= 0.6 is 0 Å². The third-order valence-corrected chi connectivity index (χ3v) is 7.95. The topological polar surface area (TPSA) is 44.9 Å². The van der Waals surface area contributed by atoms with Gasteiger partial charge in [-0.2, -0.15) is 17.2 Å². The van der Waals surface area contributed by atoms with E-state index in [1.165, 1.54) is 5.56 Å². The van der Waals surface area contributed by atoms with Crippen LogP contribution in [0.5, 0.6) is 11.5 Å². The third-order valence-electron chi connectivity index (χ3n) is 7.95. The molecule has 0 fully saturated rings. The minimum Gasteiger partial charge on any atom is -0.509 e. The molecule has 0 aliphatic carbocycles. The van der Waals surface area contributed by atoms with Gasteiger partial charge in [0, 0.05) is 34.5 Å². The zero-order valence-corrected chi connectivity index (χ0v) is 27.6. The first kappa shape index (κ1) is 29.6. The Balaban J connectivity index is 0.00000343. The van der Waals surface area contributed by atoms with Gasteiger partial charge in [0.05, 0.1) is 5.69 Å². The van der Waals surface area contributed by atoms with Crippen molar-refractivity contribution in [2.24, 2.45) is 0 Å². The quantitative estimate of drug-likeness (QED) is 0.165. The molecule has 44 heavy (non-hydrogen) atoms. The van der Waals surface area contributed by atoms with Crippen LogP contribution in [0.2, 0.25) is 0 Å². The predicted octanol–water partition coefficient (Wildman–Crippen LogP) is 9.34. The van der Waals surface area contributed by atoms with E-state index in [0.29, 0.717) is 11.5 Å². The average molecular weight is 756 g/mol. The minimum atomic E-state index is 0. The third kappa shape index (κ3) is 5.26. The molecule has 5 nitrogen and oxygen atoms in total. The molecule has 4 aromatic carbocycles. The Morgan fingerprint density at radius 1 is 0.750 bits per heavy atom. The molecule has 3 aromatic heterocycles. The number of aromatic nitrogens is 4. The second-order valence-corrected chi connectivity index (χ2v) is 11.9. The average Bonchev–Trinajstić information content (AvgIpc) is 3.50. The standard InChI is InChI=1S/C38H32N4O.Pt/c1-25-37(27-12-7-6-8-13-27)26(2)42(40-25)29-14-11-15-30(23-29)43-31-18-19-33-32-16-9-10-17-34(32)41(35(33)24-31)36-22-28(20-21-39-36)38(3,4)5;/h6-22H,1-5H3;/q-2;+2. The van der Waals surface area contributed by atoms with E-state index in [0.717, 1.165) is 55.8 Å². The van der Waals surface area contributed by atoms with Crippen molar-refractivity contribution in [3.8, 4) is 34.1 Å². The molecule has 220 valence electrons. The summed E-state index contributed by atoms with van der Waals surface area (Å²) in [5, 5.41) is 7.10. The summed E-state index contributed by atoms with van der Waals surface area (Å²) in [6.45, 7) is 10.8. The van der Waals surface area contributed by atoms with Crippen LogP contribution in [0.4, 0.5) is 0 Å². The smallest absolute Gasteiger partial charge is 0.509 e. The fraction of sp³-hybridized carbons (Fsp3) is 0.158. The molecule has 0 bridgehead atoms. The first-order valence-corrected chi connectivity index (χ1v) is 14.5. The summed E-state index contributed by atoms with van der Waals surface area (Å²) < 4.78 is 10.5. The van der Waals surface area contributed by atoms with Gasteiger partial charge < -0.3 is 9.30 Å². The summed E-state index contributed by atoms with van der Waals surface area (Å²) >= 11 is 0. The summed E-state index contributed by atoms with van der Waals surface area (Å²) in [6.07, 6.45) is 1.89. The number of rotatable bonds is 5. The number of hydrogen-bond donors (Lipinski definition) is 0. The maximum Gasteiger partial charge on any atom is 2.00 e. The van der Waals surface area contributed by atoms with Crippen LogP contribution in [0.25, 0.3) is 44.4 Å². The first-order valence-electron chi connectivity index (χ1n) is 14.5. The van der Waals surface area contributed by atoms with E-state index in [1.807, 2.05) is 48.1 Å². The van der Waals surface area contributed by atoms with Gasteiger partial charge >= 0.3 is 21.1 Å². The number of aryl methyl sites for hydroxylation is 1. The van der Waals surface area contributed by atoms with Crippen LogP contribution < -0.4 is 4.74 Å². The predicted molar refractivity (Wildman–Crippen MR) is 173 cm³/mol. The first-order chi connectivity index (χ1) is 20.8. The van der Waals surface area contributed by atoms with E-state index in [4.69, 9.17) is 14.8 Å². The van der Waals surface area contributed by atoms with E-state index in [9.17, 15) is 0 Å². The second kappa shape index (κ2) is 11.6. The van der Waals surface area contributed by atoms with Crippen molar-refractivity contribution < 1.29 is 25.8 Å². The number of ether oxygens (including phenoxy) is 1. The minimum absolute atomic E-state index is 0. The Morgan fingerprint density at radius 2 is 1.50 bits per heavy atom. The van der Waals surface area contributed by atoms with Crippen LogP contribution in [-0.4, -0.2) is 19.3 Å². The number of benzene rings is 4. The molecule has 0 unspecified atom stereocenters. The van der Waals surface area contributed by atoms with E-state index in [-0.39, 0.29) is 26.5 Å². The van der Waals surface area contributed by atoms with Crippen molar-refractivity contribution in [3.63, 3.8) is 0 Å². The molecule has 7 rings (SSSR count). The van der Waals surface area contributed by atoms with Crippen molar-refractivity contribution in [2.45, 2.75) is 40.0 Å². The molecule has 0 aliphatic heterocycles. The normalized spacial score (nSPS) is 11.6. The second-order valence-electron chi connectivity index (χ2n) is 11.9. The monoisotopic (exact) mass is 755 g/mol. The van der Waals surface area contributed by atoms with E-state index >= 15 is 0 Å². The summed E-state index contributed by atoms with van der Waals surface area (Å²) in [5.41, 5.74) is 8.35. The van der Waals surface area contributed by atoms with Crippen LogP contribution in [0.3, 0.4) is 0 Å². The number of fused-ring (bicyclic) bond motifs is 3. The largest absolute Gasteiger partial charge is 2.00 e. The Morgan fingerprint density at radius 3 is 2.30 bits per heavy atom. The van der Waals surface area contributed by atoms with Crippen LogP contribution in [0.15, 0.2) is 103 Å². The fourth-order valence-electron chi connectivity index (χ4n) is 5.82. The molecule has 0 saturated heterocycles. The zero-order chi connectivity index (χ0) is 29.7. The van der Waals surface area contributed by atoms with Gasteiger partial charge in [-0.05, 0) is 59.7 Å². The number of hydrogen-bond acceptors (Lipinski definition) is 3. The molecular weight excluding hydrogens is 724 g/mol. The fourth-order valence-corrected chi connectivity index (χ4v) is 5.82. The Labute approximate surface area is 272 Å². The van der Waals surface area contributed by atoms with E-state index < -0.39 is 0 Å². The van der Waals surface area contributed by atoms with Crippen LogP contribution in [-0.2, 0) is 26.5 Å². The molecule has 6 heteroatoms. The van der Waals surface area contributed by atoms with E-state index in [1.54, 1.807) is 0 Å². The van der Waals surface area contributed by atoms with Gasteiger partial charge in [-0.1, -0.05) is 74.8 Å². The molecule has 0 aliphatic rings. The molecule has 0 saturated carbocycles. The number of nitrogens with zero attached hydrogens (tertiary/aromatic N) is 4. The SMILES string of the molecule is Cc1nn(-c2[c-]c(Oc3[c-]c4c(cc3)c3ccccc3n4-c3cc(C(C)(C)C)ccn3)ccc2)c(C)c1-c1ccccc1.[Pt+2]. The maximum absolute atomic E-state index is 6.39. The molecule has 0 N–H and O–H groups in total. The van der Waals surface area contributed by atoms with Gasteiger partial charge in [-0.3, -0.25) is 4.68 Å². The Bertz CT molecular complexity index is 2120. The van der Waals surface area contributed by atoms with Crippen LogP contribution in [0, 0.1) is 26.0 Å². The summed E-state index contributed by atoms with van der Waals surface area (Å²) in [5.74, 6) is 2.06. The molecular formula is C38H32N4OPt. The van der Waals surface area contributed by atoms with E-state index in [2.05, 4.69) is 111 Å². The van der Waals surface area contributed by atoms with Gasteiger partial charge in [0.25, 0.3) is 0 Å². The van der Waals surface area contributed by atoms with Crippen molar-refractivity contribution >= 4 is 21.8 Å². The van der Waals surface area contributed by atoms with Crippen LogP contribution in [0.1, 0.15) is 37.7 Å². The van der Waals surface area contributed by atoms with Crippen molar-refractivity contribution in [1.29, 1.82) is 0 Å². The van der Waals surface area contributed by atoms with Gasteiger partial charge in [-0.15, -0.1) is 35.7 Å². The van der Waals surface area contributed by atoms with Gasteiger partial charge in [-0.25, -0.2) is 4.98 Å². The molecule has 0 radical (unpaired) electrons. The molecule has 3 heterocycles. The van der Waals surface area contributed by atoms with Gasteiger partial charge in [0.15, 0.2) is 0 Å². The molecule has 0 spiro atoms. The molecule has 0 amide bonds. The number of para-hydroxylation sites is 1. The Kier molecular flexibility index (Phi) is 7.77. The van der Waals surface area contributed by atoms with Gasteiger partial charge in [0.1, 0.15) is 5.82 Å². The van der Waals surface area contributed by atoms with Crippen molar-refractivity contribution in [2.75, 3.05) is 0 Å². The summed E-state index contributed by atoms with van der Waals surface area (Å²) in [7, 11) is 0. The zero-order valence-electron chi connectivity index (χ0n) is 25.3. The Hall–Kier alpha value is -4.47. The molecule has 7 aromatic rings.